The maximum Gasteiger partial charge on any atom is 0.254 e. The van der Waals surface area contributed by atoms with Gasteiger partial charge in [-0.15, -0.1) is 0 Å². The van der Waals surface area contributed by atoms with E-state index in [0.717, 1.165) is 12.1 Å². The van der Waals surface area contributed by atoms with Crippen molar-refractivity contribution in [3.63, 3.8) is 0 Å². The summed E-state index contributed by atoms with van der Waals surface area (Å²) in [6.45, 7) is 6.64. The summed E-state index contributed by atoms with van der Waals surface area (Å²) in [5, 5.41) is 0.701. The highest BCUT2D eigenvalue weighted by Gasteiger charge is 2.47. The average Bonchev–Trinajstić information content (AvgIpc) is 3.23. The van der Waals surface area contributed by atoms with Gasteiger partial charge in [-0.1, -0.05) is 23.7 Å². The molecule has 2 aliphatic rings. The van der Waals surface area contributed by atoms with E-state index in [2.05, 4.69) is 6.92 Å². The molecular formula is C17H22ClNO2. The number of morpholine rings is 1. The van der Waals surface area contributed by atoms with Gasteiger partial charge in [0, 0.05) is 11.6 Å². The maximum atomic E-state index is 12.6. The van der Waals surface area contributed by atoms with E-state index in [1.165, 1.54) is 12.8 Å². The highest BCUT2D eigenvalue weighted by atomic mass is 35.5. The van der Waals surface area contributed by atoms with Gasteiger partial charge in [0.1, 0.15) is 11.7 Å². The van der Waals surface area contributed by atoms with Crippen molar-refractivity contribution < 1.29 is 9.53 Å². The van der Waals surface area contributed by atoms with Crippen molar-refractivity contribution in [2.45, 2.75) is 51.4 Å². The molecule has 2 fully saturated rings. The van der Waals surface area contributed by atoms with Gasteiger partial charge in [-0.05, 0) is 57.2 Å². The third-order valence-electron chi connectivity index (χ3n) is 4.46. The number of ether oxygens (including phenoxy) is 1. The number of hydrogen-bond donors (Lipinski definition) is 0. The highest BCUT2D eigenvalue weighted by Crippen LogP contribution is 2.39. The van der Waals surface area contributed by atoms with Crippen LogP contribution < -0.4 is 0 Å². The smallest absolute Gasteiger partial charge is 0.254 e. The zero-order chi connectivity index (χ0) is 15.2. The van der Waals surface area contributed by atoms with Crippen molar-refractivity contribution in [3.05, 3.63) is 34.9 Å². The van der Waals surface area contributed by atoms with Gasteiger partial charge < -0.3 is 9.64 Å². The van der Waals surface area contributed by atoms with Gasteiger partial charge in [0.2, 0.25) is 0 Å². The van der Waals surface area contributed by atoms with Crippen LogP contribution >= 0.6 is 11.6 Å². The van der Waals surface area contributed by atoms with Gasteiger partial charge in [0.15, 0.2) is 0 Å². The molecule has 3 rings (SSSR count). The number of rotatable bonds is 3. The van der Waals surface area contributed by atoms with Gasteiger partial charge in [-0.2, -0.15) is 0 Å². The molecule has 1 heterocycles. The van der Waals surface area contributed by atoms with Crippen LogP contribution in [0.3, 0.4) is 0 Å². The van der Waals surface area contributed by atoms with E-state index in [9.17, 15) is 4.79 Å². The van der Waals surface area contributed by atoms with E-state index in [0.29, 0.717) is 10.9 Å². The molecule has 0 N–H and O–H groups in total. The van der Waals surface area contributed by atoms with Crippen LogP contribution in [0.2, 0.25) is 5.02 Å². The first-order chi connectivity index (χ1) is 9.88. The fourth-order valence-electron chi connectivity index (χ4n) is 3.02. The Morgan fingerprint density at radius 3 is 2.71 bits per heavy atom. The van der Waals surface area contributed by atoms with E-state index < -0.39 is 5.60 Å². The van der Waals surface area contributed by atoms with Gasteiger partial charge in [0.25, 0.3) is 5.91 Å². The average molecular weight is 308 g/mol. The third kappa shape index (κ3) is 2.95. The molecule has 3 nitrogen and oxygen atoms in total. The maximum absolute atomic E-state index is 12.6. The molecule has 1 aliphatic heterocycles. The third-order valence-corrected chi connectivity index (χ3v) is 4.69. The van der Waals surface area contributed by atoms with Crippen LogP contribution in [0.5, 0.6) is 0 Å². The number of nitrogens with zero attached hydrogens (tertiary/aromatic N) is 1. The normalized spacial score (nSPS) is 28.8. The quantitative estimate of drug-likeness (QED) is 0.849. The van der Waals surface area contributed by atoms with E-state index in [4.69, 9.17) is 16.3 Å². The fourth-order valence-corrected chi connectivity index (χ4v) is 3.22. The standard InChI is InChI=1S/C17H22ClNO2/c1-11-15(13-5-4-6-14(18)9-13)21-17(2,3)16(20)19(11)10-12-7-8-12/h4-6,9,11-12,15H,7-8,10H2,1-3H3/t11-,15+/m1/s1. The summed E-state index contributed by atoms with van der Waals surface area (Å²) in [6, 6.07) is 7.78. The number of benzene rings is 1. The lowest BCUT2D eigenvalue weighted by molar-refractivity contribution is -0.191. The van der Waals surface area contributed by atoms with Crippen molar-refractivity contribution >= 4 is 17.5 Å². The zero-order valence-electron chi connectivity index (χ0n) is 12.8. The van der Waals surface area contributed by atoms with Gasteiger partial charge in [-0.25, -0.2) is 0 Å². The Morgan fingerprint density at radius 2 is 2.10 bits per heavy atom. The molecule has 0 radical (unpaired) electrons. The fraction of sp³-hybridized carbons (Fsp3) is 0.588. The van der Waals surface area contributed by atoms with Crippen LogP contribution in [0.25, 0.3) is 0 Å². The van der Waals surface area contributed by atoms with E-state index in [-0.39, 0.29) is 18.1 Å². The lowest BCUT2D eigenvalue weighted by Gasteiger charge is -2.46. The first-order valence-electron chi connectivity index (χ1n) is 7.63. The molecule has 1 aromatic rings. The van der Waals surface area contributed by atoms with Crippen LogP contribution in [0.15, 0.2) is 24.3 Å². The van der Waals surface area contributed by atoms with Crippen LogP contribution in [-0.2, 0) is 9.53 Å². The Balaban J connectivity index is 1.90. The molecule has 0 bridgehead atoms. The van der Waals surface area contributed by atoms with Gasteiger partial charge >= 0.3 is 0 Å². The Morgan fingerprint density at radius 1 is 1.38 bits per heavy atom. The Labute approximate surface area is 131 Å². The summed E-state index contributed by atoms with van der Waals surface area (Å²) in [6.07, 6.45) is 2.34. The van der Waals surface area contributed by atoms with E-state index in [1.54, 1.807) is 0 Å². The minimum absolute atomic E-state index is 0.0320. The van der Waals surface area contributed by atoms with Crippen LogP contribution in [0.1, 0.15) is 45.3 Å². The van der Waals surface area contributed by atoms with Crippen LogP contribution in [0, 0.1) is 5.92 Å². The van der Waals surface area contributed by atoms with Crippen LogP contribution in [0.4, 0.5) is 0 Å². The lowest BCUT2D eigenvalue weighted by atomic mass is 9.94. The minimum Gasteiger partial charge on any atom is -0.356 e. The molecule has 1 aromatic carbocycles. The van der Waals surface area contributed by atoms with Crippen molar-refractivity contribution in [1.29, 1.82) is 0 Å². The van der Waals surface area contributed by atoms with Gasteiger partial charge in [0.05, 0.1) is 6.04 Å². The summed E-state index contributed by atoms with van der Waals surface area (Å²) < 4.78 is 6.12. The van der Waals surface area contributed by atoms with Crippen molar-refractivity contribution in [2.24, 2.45) is 5.92 Å². The molecule has 2 atom stereocenters. The Bertz CT molecular complexity index is 553. The number of halogens is 1. The molecule has 1 amide bonds. The summed E-state index contributed by atoms with van der Waals surface area (Å²) in [7, 11) is 0. The first-order valence-corrected chi connectivity index (χ1v) is 8.00. The predicted octanol–water partition coefficient (Wildman–Crippen LogP) is 3.82. The molecule has 4 heteroatoms. The highest BCUT2D eigenvalue weighted by molar-refractivity contribution is 6.30. The topological polar surface area (TPSA) is 29.5 Å². The van der Waals surface area contributed by atoms with E-state index >= 15 is 0 Å². The summed E-state index contributed by atoms with van der Waals surface area (Å²) in [5.74, 6) is 0.769. The number of hydrogen-bond acceptors (Lipinski definition) is 2. The predicted molar refractivity (Wildman–Crippen MR) is 83.3 cm³/mol. The molecule has 1 saturated heterocycles. The second-order valence-electron chi connectivity index (χ2n) is 6.75. The number of carbonyl (C=O) groups is 1. The lowest BCUT2D eigenvalue weighted by Crippen LogP contribution is -2.58. The van der Waals surface area contributed by atoms with Crippen molar-refractivity contribution in [2.75, 3.05) is 6.54 Å². The van der Waals surface area contributed by atoms with E-state index in [1.807, 2.05) is 43.0 Å². The summed E-state index contributed by atoms with van der Waals surface area (Å²) in [5.41, 5.74) is 0.255. The minimum atomic E-state index is -0.783. The Kier molecular flexibility index (Phi) is 3.74. The summed E-state index contributed by atoms with van der Waals surface area (Å²) >= 11 is 6.11. The molecule has 21 heavy (non-hydrogen) atoms. The first kappa shape index (κ1) is 14.9. The monoisotopic (exact) mass is 307 g/mol. The molecule has 0 aromatic heterocycles. The number of carbonyl (C=O) groups excluding carboxylic acids is 1. The zero-order valence-corrected chi connectivity index (χ0v) is 13.6. The van der Waals surface area contributed by atoms with Crippen molar-refractivity contribution in [3.8, 4) is 0 Å². The van der Waals surface area contributed by atoms with Crippen LogP contribution in [-0.4, -0.2) is 29.0 Å². The SMILES string of the molecule is C[C@@H]1[C@@H](c2cccc(Cl)c2)OC(C)(C)C(=O)N1CC1CC1. The second kappa shape index (κ2) is 5.29. The second-order valence-corrected chi connectivity index (χ2v) is 7.18. The molecule has 114 valence electrons. The largest absolute Gasteiger partial charge is 0.356 e. The van der Waals surface area contributed by atoms with Gasteiger partial charge in [-0.3, -0.25) is 4.79 Å². The summed E-state index contributed by atoms with van der Waals surface area (Å²) in [4.78, 5) is 14.6. The Hall–Kier alpha value is -1.06. The molecule has 0 unspecified atom stereocenters. The molecular weight excluding hydrogens is 286 g/mol. The van der Waals surface area contributed by atoms with Crippen molar-refractivity contribution in [1.82, 2.24) is 4.90 Å². The molecule has 1 aliphatic carbocycles. The molecule has 0 spiro atoms. The molecule has 1 saturated carbocycles. The number of amides is 1.